The number of Topliss-reactive ketones (excluding diaryl/α,β-unsaturated/α-hetero) is 1. The van der Waals surface area contributed by atoms with E-state index in [2.05, 4.69) is 56.1 Å². The van der Waals surface area contributed by atoms with Crippen molar-refractivity contribution in [3.05, 3.63) is 44.4 Å². The van der Waals surface area contributed by atoms with E-state index in [9.17, 15) is 4.79 Å². The molecule has 132 valence electrons. The fourth-order valence-corrected chi connectivity index (χ4v) is 5.09. The molecule has 2 aliphatic rings. The number of carbonyl (C=O) groups is 1. The first kappa shape index (κ1) is 16.6. The predicted molar refractivity (Wildman–Crippen MR) is 102 cm³/mol. The van der Waals surface area contributed by atoms with Gasteiger partial charge in [-0.25, -0.2) is 4.68 Å². The van der Waals surface area contributed by atoms with Crippen LogP contribution in [0.5, 0.6) is 0 Å². The number of hydrogen-bond donors (Lipinski definition) is 1. The number of carbonyl (C=O) groups excluding carboxylic acids is 1. The Morgan fingerprint density at radius 2 is 2.04 bits per heavy atom. The van der Waals surface area contributed by atoms with Crippen molar-refractivity contribution in [1.29, 1.82) is 0 Å². The molecular formula is C20H25N3OS. The summed E-state index contributed by atoms with van der Waals surface area (Å²) in [6, 6.07) is 2.15. The Kier molecular flexibility index (Phi) is 3.69. The van der Waals surface area contributed by atoms with Crippen LogP contribution in [0.3, 0.4) is 0 Å². The van der Waals surface area contributed by atoms with Gasteiger partial charge in [-0.1, -0.05) is 0 Å². The van der Waals surface area contributed by atoms with Crippen LogP contribution in [0.4, 0.5) is 5.82 Å². The summed E-state index contributed by atoms with van der Waals surface area (Å²) in [5, 5.41) is 10.6. The molecule has 1 N–H and O–H groups in total. The standard InChI is InChI=1S/C20H25N3OS/c1-11-9-10-25-18(11)17-15-12(2)22-23(20(3,4)5)19(15)21-13-7-6-8-14(24)16(13)17/h9-10,17,21H,6-8H2,1-5H3/t17-/m0/s1. The Bertz CT molecular complexity index is 895. The molecule has 1 aliphatic carbocycles. The molecule has 3 heterocycles. The number of thiophene rings is 1. The second-order valence-corrected chi connectivity index (χ2v) is 9.07. The highest BCUT2D eigenvalue weighted by Gasteiger charge is 2.40. The van der Waals surface area contributed by atoms with E-state index in [1.54, 1.807) is 11.3 Å². The first-order valence-electron chi connectivity index (χ1n) is 8.96. The number of ketones is 1. The molecule has 4 rings (SSSR count). The summed E-state index contributed by atoms with van der Waals surface area (Å²) in [6.07, 6.45) is 2.53. The first-order valence-corrected chi connectivity index (χ1v) is 9.84. The minimum atomic E-state index is -0.114. The van der Waals surface area contributed by atoms with Gasteiger partial charge in [0.05, 0.1) is 17.2 Å². The number of nitrogens with one attached hydrogen (secondary N) is 1. The lowest BCUT2D eigenvalue weighted by Gasteiger charge is -2.34. The van der Waals surface area contributed by atoms with Crippen molar-refractivity contribution in [3.8, 4) is 0 Å². The van der Waals surface area contributed by atoms with Crippen LogP contribution >= 0.6 is 11.3 Å². The topological polar surface area (TPSA) is 46.9 Å². The molecule has 0 fully saturated rings. The molecule has 2 aromatic rings. The fraction of sp³-hybridized carbons (Fsp3) is 0.500. The molecule has 4 nitrogen and oxygen atoms in total. The van der Waals surface area contributed by atoms with Crippen LogP contribution in [0.1, 0.15) is 67.6 Å². The molecule has 0 bridgehead atoms. The van der Waals surface area contributed by atoms with Crippen molar-refractivity contribution in [3.63, 3.8) is 0 Å². The van der Waals surface area contributed by atoms with Crippen LogP contribution < -0.4 is 5.32 Å². The Morgan fingerprint density at radius 1 is 1.28 bits per heavy atom. The Morgan fingerprint density at radius 3 is 2.68 bits per heavy atom. The quantitative estimate of drug-likeness (QED) is 0.793. The van der Waals surface area contributed by atoms with Gasteiger partial charge in [-0.2, -0.15) is 5.10 Å². The number of aryl methyl sites for hydroxylation is 2. The minimum Gasteiger partial charge on any atom is -0.343 e. The first-order chi connectivity index (χ1) is 11.8. The summed E-state index contributed by atoms with van der Waals surface area (Å²) in [4.78, 5) is 14.1. The summed E-state index contributed by atoms with van der Waals surface area (Å²) in [5.74, 6) is 1.38. The normalized spacial score (nSPS) is 20.4. The van der Waals surface area contributed by atoms with Crippen molar-refractivity contribution < 1.29 is 4.79 Å². The maximum atomic E-state index is 12.8. The van der Waals surface area contributed by atoms with Crippen LogP contribution in [0.25, 0.3) is 0 Å². The summed E-state index contributed by atoms with van der Waals surface area (Å²) < 4.78 is 2.09. The molecule has 1 atom stereocenters. The van der Waals surface area contributed by atoms with Gasteiger partial charge in [0.15, 0.2) is 5.78 Å². The maximum absolute atomic E-state index is 12.8. The highest BCUT2D eigenvalue weighted by atomic mass is 32.1. The van der Waals surface area contributed by atoms with E-state index >= 15 is 0 Å². The minimum absolute atomic E-state index is 0.0233. The molecule has 25 heavy (non-hydrogen) atoms. The molecule has 0 amide bonds. The second-order valence-electron chi connectivity index (χ2n) is 8.13. The smallest absolute Gasteiger partial charge is 0.161 e. The van der Waals surface area contributed by atoms with E-state index in [1.165, 1.54) is 16.0 Å². The van der Waals surface area contributed by atoms with Gasteiger partial charge < -0.3 is 5.32 Å². The van der Waals surface area contributed by atoms with Crippen LogP contribution in [0.2, 0.25) is 0 Å². The third kappa shape index (κ3) is 2.48. The van der Waals surface area contributed by atoms with Gasteiger partial charge >= 0.3 is 0 Å². The highest BCUT2D eigenvalue weighted by molar-refractivity contribution is 7.10. The van der Waals surface area contributed by atoms with Crippen molar-refractivity contribution in [2.75, 3.05) is 5.32 Å². The number of rotatable bonds is 1. The lowest BCUT2D eigenvalue weighted by Crippen LogP contribution is -2.30. The van der Waals surface area contributed by atoms with Crippen LogP contribution in [-0.2, 0) is 10.3 Å². The second kappa shape index (κ2) is 5.56. The fourth-order valence-electron chi connectivity index (χ4n) is 4.05. The molecule has 0 saturated heterocycles. The summed E-state index contributed by atoms with van der Waals surface area (Å²) in [7, 11) is 0. The molecule has 0 unspecified atom stereocenters. The molecule has 5 heteroatoms. The molecule has 0 saturated carbocycles. The zero-order valence-electron chi connectivity index (χ0n) is 15.6. The van der Waals surface area contributed by atoms with Gasteiger partial charge in [0.1, 0.15) is 5.82 Å². The largest absolute Gasteiger partial charge is 0.343 e. The zero-order chi connectivity index (χ0) is 17.9. The van der Waals surface area contributed by atoms with Crippen LogP contribution in [0.15, 0.2) is 22.7 Å². The number of fused-ring (bicyclic) bond motifs is 1. The van der Waals surface area contributed by atoms with Crippen molar-refractivity contribution in [1.82, 2.24) is 9.78 Å². The van der Waals surface area contributed by atoms with E-state index < -0.39 is 0 Å². The monoisotopic (exact) mass is 355 g/mol. The summed E-state index contributed by atoms with van der Waals surface area (Å²) in [6.45, 7) is 10.7. The molecule has 0 spiro atoms. The zero-order valence-corrected chi connectivity index (χ0v) is 16.4. The Balaban J connectivity index is 2.01. The average Bonchev–Trinajstić information content (AvgIpc) is 3.09. The lowest BCUT2D eigenvalue weighted by molar-refractivity contribution is -0.116. The maximum Gasteiger partial charge on any atom is 0.161 e. The van der Waals surface area contributed by atoms with Gasteiger partial charge in [-0.15, -0.1) is 11.3 Å². The Hall–Kier alpha value is -1.88. The van der Waals surface area contributed by atoms with E-state index in [0.717, 1.165) is 35.6 Å². The molecule has 2 aromatic heterocycles. The van der Waals surface area contributed by atoms with Crippen LogP contribution in [0, 0.1) is 13.8 Å². The van der Waals surface area contributed by atoms with Gasteiger partial charge in [0, 0.05) is 28.1 Å². The number of allylic oxidation sites excluding steroid dienone is 2. The molecule has 0 radical (unpaired) electrons. The number of anilines is 1. The van der Waals surface area contributed by atoms with Crippen molar-refractivity contribution >= 4 is 22.9 Å². The van der Waals surface area contributed by atoms with E-state index in [1.807, 2.05) is 0 Å². The third-order valence-electron chi connectivity index (χ3n) is 5.21. The van der Waals surface area contributed by atoms with Crippen LogP contribution in [-0.4, -0.2) is 15.6 Å². The highest BCUT2D eigenvalue weighted by Crippen LogP contribution is 2.49. The van der Waals surface area contributed by atoms with Crippen molar-refractivity contribution in [2.24, 2.45) is 0 Å². The average molecular weight is 356 g/mol. The van der Waals surface area contributed by atoms with Gasteiger partial charge in [-0.05, 0) is 64.5 Å². The van der Waals surface area contributed by atoms with Gasteiger partial charge in [0.2, 0.25) is 0 Å². The third-order valence-corrected chi connectivity index (χ3v) is 6.29. The molecule has 1 aliphatic heterocycles. The summed E-state index contributed by atoms with van der Waals surface area (Å²) >= 11 is 1.75. The predicted octanol–water partition coefficient (Wildman–Crippen LogP) is 4.88. The van der Waals surface area contributed by atoms with Crippen molar-refractivity contribution in [2.45, 2.75) is 65.3 Å². The lowest BCUT2D eigenvalue weighted by atomic mass is 9.78. The van der Waals surface area contributed by atoms with Gasteiger partial charge in [0.25, 0.3) is 0 Å². The van der Waals surface area contributed by atoms with Gasteiger partial charge in [-0.3, -0.25) is 4.79 Å². The number of nitrogens with zero attached hydrogens (tertiary/aromatic N) is 2. The SMILES string of the molecule is Cc1ccsc1[C@@H]1C2=C(CCCC2=O)Nc2c1c(C)nn2C(C)(C)C. The van der Waals surface area contributed by atoms with E-state index in [-0.39, 0.29) is 11.5 Å². The number of hydrogen-bond acceptors (Lipinski definition) is 4. The van der Waals surface area contributed by atoms with E-state index in [4.69, 9.17) is 5.10 Å². The Labute approximate surface area is 152 Å². The summed E-state index contributed by atoms with van der Waals surface area (Å²) in [5.41, 5.74) is 5.41. The van der Waals surface area contributed by atoms with E-state index in [0.29, 0.717) is 12.2 Å². The number of aromatic nitrogens is 2. The molecule has 0 aromatic carbocycles. The molecular weight excluding hydrogens is 330 g/mol.